The van der Waals surface area contributed by atoms with Crippen LogP contribution < -0.4 is 31.1 Å². The van der Waals surface area contributed by atoms with Gasteiger partial charge in [0.05, 0.1) is 84.1 Å². The van der Waals surface area contributed by atoms with Crippen LogP contribution >= 0.6 is 56.6 Å². The molecular formula is C90H126Cl2N8O24S3. The molecule has 8 amide bonds. The number of aliphatic hydroxyl groups is 6. The lowest BCUT2D eigenvalue weighted by molar-refractivity contribution is -0.162. The van der Waals surface area contributed by atoms with Crippen molar-refractivity contribution in [2.24, 2.45) is 41.4 Å². The van der Waals surface area contributed by atoms with E-state index < -0.39 is 174 Å². The number of thioether (sulfide) groups is 1. The maximum absolute atomic E-state index is 14.3. The van der Waals surface area contributed by atoms with Gasteiger partial charge in [0.25, 0.3) is 0 Å². The first-order valence-electron chi connectivity index (χ1n) is 43.3. The van der Waals surface area contributed by atoms with Crippen LogP contribution in [-0.4, -0.2) is 260 Å². The van der Waals surface area contributed by atoms with Gasteiger partial charge in [0.1, 0.15) is 53.5 Å². The van der Waals surface area contributed by atoms with Gasteiger partial charge in [-0.05, 0) is 133 Å². The fraction of sp³-hybridized carbons (Fsp3) is 0.644. The van der Waals surface area contributed by atoms with Gasteiger partial charge in [-0.1, -0.05) is 125 Å². The Bertz CT molecular complexity index is 4510. The Morgan fingerprint density at radius 3 is 1.50 bits per heavy atom. The summed E-state index contributed by atoms with van der Waals surface area (Å²) in [5, 5.41) is 74.9. The average Bonchev–Trinajstić information content (AvgIpc) is 1.57. The van der Waals surface area contributed by atoms with Gasteiger partial charge < -0.3 is 89.3 Å². The zero-order chi connectivity index (χ0) is 93.6. The molecule has 127 heavy (non-hydrogen) atoms. The topological polar surface area (TPSA) is 449 Å². The third-order valence-corrected chi connectivity index (χ3v) is 31.3. The lowest BCUT2D eigenvalue weighted by Crippen LogP contribution is -2.62. The first-order chi connectivity index (χ1) is 59.9. The molecule has 10 rings (SSSR count). The monoisotopic (exact) mass is 1870 g/mol. The lowest BCUT2D eigenvalue weighted by Gasteiger charge is -2.42. The molecule has 2 aromatic rings. The second-order valence-corrected chi connectivity index (χ2v) is 40.3. The number of esters is 2. The number of hydrogen-bond donors (Lipinski definition) is 10. The Kier molecular flexibility index (Phi) is 36.5. The molecule has 37 heteroatoms. The van der Waals surface area contributed by atoms with Crippen LogP contribution in [-0.2, 0) is 102 Å². The van der Waals surface area contributed by atoms with Crippen LogP contribution in [0.4, 0.5) is 21.0 Å². The number of allylic oxidation sites excluding steroid dienone is 6. The first kappa shape index (κ1) is 103. The zero-order valence-corrected chi connectivity index (χ0v) is 78.9. The van der Waals surface area contributed by atoms with Crippen molar-refractivity contribution < 1.29 is 117 Å². The molecule has 19 atom stereocenters. The highest BCUT2D eigenvalue weighted by atomic mass is 35.5. The average molecular weight is 1870 g/mol. The quantitative estimate of drug-likeness (QED) is 0.0111. The van der Waals surface area contributed by atoms with Crippen LogP contribution in [0.5, 0.6) is 0 Å². The molecule has 2 aliphatic carbocycles. The minimum absolute atomic E-state index is 0.0220. The van der Waals surface area contributed by atoms with E-state index in [9.17, 15) is 88.2 Å². The number of nitrogens with one attached hydrogen (secondary N) is 4. The van der Waals surface area contributed by atoms with Gasteiger partial charge in [-0.3, -0.25) is 49.0 Å². The number of ether oxygens (including phenoxy) is 6. The standard InChI is InChI=1S/C49H67ClN4O13S.C41H59ClN4O11S2/c1-26-9-8-10-33(25-56)49(64)23-37(65-47(63)52-49)27(2)44-48(4,67-44)39(22-41(59)54(7)35-20-30(17-26)18-32(24-55)42(35)50)66-46(62)28(3)53(6)40(58)15-16-68-38-21-36(57)34(43(38)60)19-29-11-13-31(14-12-29)45(61)51-5;1-23-10-9-11-29(22-48)41(54)20-31(55-39(53)44-41)25(3)37-40(5,57-37)32(19-35(51)46(8)30-18-27(16-23)17-28(21-47)36(30)42)56-38(52)26(4)45(7)34(50)14-15-58-59-24(2)12-13-33(49)43-6/h8-10,18,20,27-29,31,33-34,37-39,44,55-56,64H,11-17,19,21-25H2,1-7H3,(H,51,61)(H,52,63);9-11,17-18,24-26,29,31-32,37,47-48,54H,12-16,19-22H2,1-8H3,(H,43,49)(H,44,53)/b10-8+,26-9+;11-9+,23-10+/t27-,28-,29?,31?,33+,34?,37+,38?,39+,44+,48+,49+;24?,25-,26-,29+,31+,32+,37+,40+,41+/m11/s1. The smallest absolute Gasteiger partial charge is 0.409 e. The molecule has 0 radical (unpaired) electrons. The number of carbonyl (C=O) groups excluding carboxylic acids is 12. The van der Waals surface area contributed by atoms with E-state index in [1.165, 1.54) is 84.2 Å². The number of fused-ring (bicyclic) bond motifs is 10. The van der Waals surface area contributed by atoms with Gasteiger partial charge in [0.15, 0.2) is 17.2 Å². The molecule has 3 unspecified atom stereocenters. The molecule has 10 N–H and O–H groups in total. The number of alkyl carbamates (subject to hydrolysis) is 2. The third-order valence-electron chi connectivity index (χ3n) is 26.2. The molecule has 6 fully saturated rings. The van der Waals surface area contributed by atoms with Crippen LogP contribution in [0.15, 0.2) is 71.9 Å². The summed E-state index contributed by atoms with van der Waals surface area (Å²) in [6.45, 7) is 13.9. The maximum Gasteiger partial charge on any atom is 0.409 e. The van der Waals surface area contributed by atoms with E-state index >= 15 is 0 Å². The Labute approximate surface area is 764 Å². The molecule has 8 bridgehead atoms. The summed E-state index contributed by atoms with van der Waals surface area (Å²) in [4.78, 5) is 164. The van der Waals surface area contributed by atoms with E-state index in [1.807, 2.05) is 20.8 Å². The number of Topliss-reactive ketones (excluding diaryl/α,β-unsaturated/α-hetero) is 2. The number of halogens is 2. The van der Waals surface area contributed by atoms with Crippen molar-refractivity contribution in [3.8, 4) is 0 Å². The third kappa shape index (κ3) is 25.6. The van der Waals surface area contributed by atoms with Crippen molar-refractivity contribution in [1.29, 1.82) is 0 Å². The van der Waals surface area contributed by atoms with Gasteiger partial charge in [0, 0.05) is 127 Å². The zero-order valence-electron chi connectivity index (χ0n) is 74.9. The number of nitrogens with zero attached hydrogens (tertiary/aromatic N) is 4. The highest BCUT2D eigenvalue weighted by Crippen LogP contribution is 2.52. The summed E-state index contributed by atoms with van der Waals surface area (Å²) in [5.74, 6) is -6.36. The number of rotatable bonds is 25. The number of amides is 8. The summed E-state index contributed by atoms with van der Waals surface area (Å²) in [6.07, 6.45) is 7.23. The molecule has 4 saturated heterocycles. The fourth-order valence-electron chi connectivity index (χ4n) is 17.5. The van der Waals surface area contributed by atoms with E-state index in [0.29, 0.717) is 60.4 Å². The van der Waals surface area contributed by atoms with Gasteiger partial charge in [0.2, 0.25) is 35.4 Å². The Hall–Kier alpha value is -7.65. The van der Waals surface area contributed by atoms with Crippen LogP contribution in [0.3, 0.4) is 0 Å². The molecule has 0 aromatic heterocycles. The Morgan fingerprint density at radius 2 is 1.08 bits per heavy atom. The summed E-state index contributed by atoms with van der Waals surface area (Å²) >= 11 is 14.8. The number of epoxide rings is 2. The normalized spacial score (nSPS) is 31.9. The van der Waals surface area contributed by atoms with E-state index in [1.54, 1.807) is 113 Å². The number of ketones is 2. The Morgan fingerprint density at radius 1 is 0.638 bits per heavy atom. The molecule has 32 nitrogen and oxygen atoms in total. The minimum Gasteiger partial charge on any atom is -0.457 e. The van der Waals surface area contributed by atoms with E-state index in [2.05, 4.69) is 21.3 Å². The molecule has 0 spiro atoms. The van der Waals surface area contributed by atoms with Crippen molar-refractivity contribution >= 4 is 139 Å². The number of hydrogen-bond acceptors (Lipinski definition) is 27. The van der Waals surface area contributed by atoms with Crippen molar-refractivity contribution in [3.05, 3.63) is 104 Å². The predicted octanol–water partition coefficient (Wildman–Crippen LogP) is 8.46. The summed E-state index contributed by atoms with van der Waals surface area (Å²) in [5.41, 5.74) is -1.76. The van der Waals surface area contributed by atoms with Gasteiger partial charge in [-0.25, -0.2) is 19.2 Å². The largest absolute Gasteiger partial charge is 0.457 e. The highest BCUT2D eigenvalue weighted by Gasteiger charge is 2.66. The van der Waals surface area contributed by atoms with Crippen LogP contribution in [0, 0.1) is 41.4 Å². The van der Waals surface area contributed by atoms with E-state index in [4.69, 9.17) is 51.6 Å². The van der Waals surface area contributed by atoms with Crippen LogP contribution in [0.2, 0.25) is 10.0 Å². The second-order valence-electron chi connectivity index (χ2n) is 35.3. The molecule has 6 aliphatic heterocycles. The lowest BCUT2D eigenvalue weighted by atomic mass is 9.77. The summed E-state index contributed by atoms with van der Waals surface area (Å²) < 4.78 is 36.1. The number of carbonyl (C=O) groups is 12. The van der Waals surface area contributed by atoms with E-state index in [0.717, 1.165) is 48.0 Å². The minimum atomic E-state index is -1.91. The predicted molar refractivity (Wildman–Crippen MR) is 481 cm³/mol. The van der Waals surface area contributed by atoms with Gasteiger partial charge in [-0.15, -0.1) is 11.8 Å². The second kappa shape index (κ2) is 45.0. The summed E-state index contributed by atoms with van der Waals surface area (Å²) in [7, 11) is 12.3. The molecule has 2 aromatic carbocycles. The SMILES string of the molecule is CNC(=O)C1CCC(CC2C(=O)CC(SCCC(=O)N(C)[C@H](C)C(=O)O[C@H]3CC(=O)N(C)c4cc(cc(CO)c4Cl)C/C(C)=C/C=C/[C@@H](CO)[C@@]4(O)C[C@H](OC(=O)N4)[C@@H](C)[C@@H]4O[C@@]34C)C2=O)CC1.CNC(=O)CCC(C)SSCCC(=O)N(C)[C@H](C)C(=O)O[C@H]1CC(=O)N(C)c2cc(cc(CO)c2Cl)C/C(C)=C/C=C/[C@@H](CO)[C@@]2(O)C[C@H](OC(=O)N2)[C@@H](C)[C@@H]2O[C@@]12C. The first-order valence-corrected chi connectivity index (χ1v) is 47.5. The van der Waals surface area contributed by atoms with Gasteiger partial charge >= 0.3 is 24.1 Å². The highest BCUT2D eigenvalue weighted by molar-refractivity contribution is 8.76. The molecule has 8 aliphatic rings. The van der Waals surface area contributed by atoms with Crippen molar-refractivity contribution in [2.75, 3.05) is 76.8 Å². The van der Waals surface area contributed by atoms with Crippen molar-refractivity contribution in [3.63, 3.8) is 0 Å². The van der Waals surface area contributed by atoms with Crippen molar-refractivity contribution in [1.82, 2.24) is 31.1 Å². The molecular weight excluding hydrogens is 1740 g/mol. The fourth-order valence-corrected chi connectivity index (χ4v) is 21.6. The maximum atomic E-state index is 14.3. The van der Waals surface area contributed by atoms with Crippen molar-refractivity contribution in [2.45, 2.75) is 260 Å². The molecule has 702 valence electrons. The molecule has 2 saturated carbocycles. The molecule has 6 heterocycles. The van der Waals surface area contributed by atoms with Crippen LogP contribution in [0.25, 0.3) is 0 Å². The summed E-state index contributed by atoms with van der Waals surface area (Å²) in [6, 6.07) is 4.78. The Balaban J connectivity index is 0.000000290. The van der Waals surface area contributed by atoms with Crippen LogP contribution in [0.1, 0.15) is 174 Å². The number of benzene rings is 2. The van der Waals surface area contributed by atoms with Gasteiger partial charge in [-0.2, -0.15) is 0 Å². The number of likely N-dealkylation sites (N-methyl/N-ethyl adjacent to an activating group) is 2. The number of aliphatic hydroxyl groups excluding tert-OH is 4. The van der Waals surface area contributed by atoms with E-state index in [-0.39, 0.29) is 107 Å². The number of anilines is 2.